The van der Waals surface area contributed by atoms with E-state index in [4.69, 9.17) is 4.74 Å². The molecule has 1 aliphatic heterocycles. The van der Waals surface area contributed by atoms with Crippen molar-refractivity contribution in [3.63, 3.8) is 0 Å². The van der Waals surface area contributed by atoms with Crippen molar-refractivity contribution >= 4 is 6.09 Å². The first-order valence-corrected chi connectivity index (χ1v) is 9.31. The molecular weight excluding hydrogens is 326 g/mol. The first-order chi connectivity index (χ1) is 12.7. The number of nitrogens with one attached hydrogen (secondary N) is 1. The van der Waals surface area contributed by atoms with Gasteiger partial charge < -0.3 is 15.0 Å². The van der Waals surface area contributed by atoms with E-state index in [9.17, 15) is 4.79 Å². The highest BCUT2D eigenvalue weighted by molar-refractivity contribution is 5.67. The van der Waals surface area contributed by atoms with E-state index in [0.717, 1.165) is 25.9 Å². The van der Waals surface area contributed by atoms with Crippen molar-refractivity contribution < 1.29 is 9.53 Å². The van der Waals surface area contributed by atoms with Crippen LogP contribution in [0.3, 0.4) is 0 Å². The van der Waals surface area contributed by atoms with Gasteiger partial charge in [-0.15, -0.1) is 0 Å². The molecule has 26 heavy (non-hydrogen) atoms. The fourth-order valence-electron chi connectivity index (χ4n) is 3.38. The van der Waals surface area contributed by atoms with Crippen LogP contribution in [0.5, 0.6) is 0 Å². The topological polar surface area (TPSA) is 54.5 Å². The van der Waals surface area contributed by atoms with Gasteiger partial charge >= 0.3 is 6.09 Å². The molecule has 1 aromatic carbocycles. The molecule has 1 amide bonds. The van der Waals surface area contributed by atoms with Crippen molar-refractivity contribution in [1.29, 1.82) is 0 Å². The molecule has 0 radical (unpaired) electrons. The van der Waals surface area contributed by atoms with Gasteiger partial charge in [0.05, 0.1) is 12.6 Å². The van der Waals surface area contributed by atoms with E-state index < -0.39 is 0 Å². The zero-order valence-electron chi connectivity index (χ0n) is 15.5. The normalized spacial score (nSPS) is 16.3. The van der Waals surface area contributed by atoms with E-state index in [0.29, 0.717) is 12.6 Å². The fourth-order valence-corrected chi connectivity index (χ4v) is 3.38. The van der Waals surface area contributed by atoms with E-state index in [1.807, 2.05) is 19.3 Å². The molecule has 2 heterocycles. The Morgan fingerprint density at radius 1 is 1.15 bits per heavy atom. The lowest BCUT2D eigenvalue weighted by atomic mass is 9.95. The van der Waals surface area contributed by atoms with Crippen LogP contribution in [-0.2, 0) is 4.74 Å². The number of ether oxygens (including phenoxy) is 1. The number of piperidine rings is 1. The van der Waals surface area contributed by atoms with Gasteiger partial charge in [0.25, 0.3) is 0 Å². The first kappa shape index (κ1) is 18.4. The quantitative estimate of drug-likeness (QED) is 0.891. The van der Waals surface area contributed by atoms with E-state index >= 15 is 0 Å². The number of benzene rings is 1. The minimum Gasteiger partial charge on any atom is -0.450 e. The summed E-state index contributed by atoms with van der Waals surface area (Å²) < 4.78 is 5.11. The van der Waals surface area contributed by atoms with Gasteiger partial charge in [0.15, 0.2) is 0 Å². The summed E-state index contributed by atoms with van der Waals surface area (Å²) in [6, 6.07) is 13.3. The van der Waals surface area contributed by atoms with Gasteiger partial charge in [-0.25, -0.2) is 4.79 Å². The molecule has 0 spiro atoms. The van der Waals surface area contributed by atoms with Crippen LogP contribution in [0.15, 0.2) is 48.8 Å². The molecule has 1 fully saturated rings. The van der Waals surface area contributed by atoms with Crippen LogP contribution < -0.4 is 5.32 Å². The van der Waals surface area contributed by atoms with Gasteiger partial charge in [-0.1, -0.05) is 29.8 Å². The van der Waals surface area contributed by atoms with Crippen molar-refractivity contribution in [1.82, 2.24) is 15.2 Å². The molecule has 0 aliphatic carbocycles. The SMILES string of the molecule is CCOC(=O)N1CCC(N[C@@H](c2ccncc2)c2ccc(C)cc2)CC1. The summed E-state index contributed by atoms with van der Waals surface area (Å²) in [4.78, 5) is 17.8. The second-order valence-electron chi connectivity index (χ2n) is 6.75. The number of nitrogens with zero attached hydrogens (tertiary/aromatic N) is 2. The Hall–Kier alpha value is -2.40. The number of aryl methyl sites for hydroxylation is 1. The third-order valence-corrected chi connectivity index (χ3v) is 4.87. The fraction of sp³-hybridized carbons (Fsp3) is 0.429. The first-order valence-electron chi connectivity index (χ1n) is 9.31. The van der Waals surface area contributed by atoms with Crippen LogP contribution in [-0.4, -0.2) is 41.7 Å². The van der Waals surface area contributed by atoms with Gasteiger partial charge in [0.1, 0.15) is 0 Å². The van der Waals surface area contributed by atoms with Gasteiger partial charge in [0, 0.05) is 31.5 Å². The molecule has 1 atom stereocenters. The third-order valence-electron chi connectivity index (χ3n) is 4.87. The maximum Gasteiger partial charge on any atom is 0.409 e. The Labute approximate surface area is 155 Å². The number of pyridine rings is 1. The van der Waals surface area contributed by atoms with E-state index in [-0.39, 0.29) is 12.1 Å². The van der Waals surface area contributed by atoms with Crippen molar-refractivity contribution in [2.75, 3.05) is 19.7 Å². The summed E-state index contributed by atoms with van der Waals surface area (Å²) in [5.41, 5.74) is 3.70. The maximum absolute atomic E-state index is 11.9. The molecule has 3 rings (SSSR count). The number of rotatable bonds is 5. The lowest BCUT2D eigenvalue weighted by molar-refractivity contribution is 0.0945. The number of hydrogen-bond acceptors (Lipinski definition) is 4. The van der Waals surface area contributed by atoms with E-state index in [1.54, 1.807) is 4.90 Å². The third kappa shape index (κ3) is 4.61. The summed E-state index contributed by atoms with van der Waals surface area (Å²) in [5, 5.41) is 3.79. The maximum atomic E-state index is 11.9. The molecule has 5 heteroatoms. The van der Waals surface area contributed by atoms with Gasteiger partial charge in [-0.2, -0.15) is 0 Å². The number of hydrogen-bond donors (Lipinski definition) is 1. The molecule has 1 N–H and O–H groups in total. The zero-order chi connectivity index (χ0) is 18.4. The predicted molar refractivity (Wildman–Crippen MR) is 102 cm³/mol. The standard InChI is InChI=1S/C21H27N3O2/c1-3-26-21(25)24-14-10-19(11-15-24)23-20(18-8-12-22-13-9-18)17-6-4-16(2)5-7-17/h4-9,12-13,19-20,23H,3,10-11,14-15H2,1-2H3/t20-/m1/s1. The van der Waals surface area contributed by atoms with Crippen LogP contribution in [0, 0.1) is 6.92 Å². The molecule has 1 aliphatic rings. The van der Waals surface area contributed by atoms with Crippen LogP contribution in [0.2, 0.25) is 0 Å². The predicted octanol–water partition coefficient (Wildman–Crippen LogP) is 3.69. The van der Waals surface area contributed by atoms with Gasteiger partial charge in [-0.05, 0) is 49.9 Å². The smallest absolute Gasteiger partial charge is 0.409 e. The molecule has 0 saturated carbocycles. The second kappa shape index (κ2) is 8.81. The summed E-state index contributed by atoms with van der Waals surface area (Å²) in [7, 11) is 0. The van der Waals surface area contributed by atoms with Crippen molar-refractivity contribution in [3.8, 4) is 0 Å². The molecule has 138 valence electrons. The molecule has 1 saturated heterocycles. The van der Waals surface area contributed by atoms with Gasteiger partial charge in [-0.3, -0.25) is 4.98 Å². The highest BCUT2D eigenvalue weighted by Crippen LogP contribution is 2.25. The number of likely N-dealkylation sites (tertiary alicyclic amines) is 1. The minimum absolute atomic E-state index is 0.123. The van der Waals surface area contributed by atoms with E-state index in [1.165, 1.54) is 16.7 Å². The molecule has 1 aromatic heterocycles. The second-order valence-corrected chi connectivity index (χ2v) is 6.75. The summed E-state index contributed by atoms with van der Waals surface area (Å²) in [6.45, 7) is 5.83. The average Bonchev–Trinajstić information content (AvgIpc) is 2.68. The lowest BCUT2D eigenvalue weighted by Gasteiger charge is -2.34. The minimum atomic E-state index is -0.199. The molecule has 5 nitrogen and oxygen atoms in total. The van der Waals surface area contributed by atoms with Crippen molar-refractivity contribution in [2.24, 2.45) is 0 Å². The Morgan fingerprint density at radius 3 is 2.38 bits per heavy atom. The molecule has 2 aromatic rings. The van der Waals surface area contributed by atoms with Gasteiger partial charge in [0.2, 0.25) is 0 Å². The summed E-state index contributed by atoms with van der Waals surface area (Å²) >= 11 is 0. The number of aromatic nitrogens is 1. The molecular formula is C21H27N3O2. The van der Waals surface area contributed by atoms with Crippen LogP contribution >= 0.6 is 0 Å². The summed E-state index contributed by atoms with van der Waals surface area (Å²) in [5.74, 6) is 0. The molecule has 0 bridgehead atoms. The Morgan fingerprint density at radius 2 is 1.77 bits per heavy atom. The highest BCUT2D eigenvalue weighted by Gasteiger charge is 2.26. The van der Waals surface area contributed by atoms with Crippen molar-refractivity contribution in [2.45, 2.75) is 38.8 Å². The average molecular weight is 353 g/mol. The van der Waals surface area contributed by atoms with Crippen LogP contribution in [0.1, 0.15) is 42.5 Å². The summed E-state index contributed by atoms with van der Waals surface area (Å²) in [6.07, 6.45) is 5.32. The van der Waals surface area contributed by atoms with Crippen molar-refractivity contribution in [3.05, 3.63) is 65.5 Å². The van der Waals surface area contributed by atoms with Crippen LogP contribution in [0.25, 0.3) is 0 Å². The number of carbonyl (C=O) groups excluding carboxylic acids is 1. The van der Waals surface area contributed by atoms with E-state index in [2.05, 4.69) is 53.6 Å². The Kier molecular flexibility index (Phi) is 6.23. The zero-order valence-corrected chi connectivity index (χ0v) is 15.5. The van der Waals surface area contributed by atoms with Crippen LogP contribution in [0.4, 0.5) is 4.79 Å². The lowest BCUT2D eigenvalue weighted by Crippen LogP contribution is -2.46. The highest BCUT2D eigenvalue weighted by atomic mass is 16.6. The number of amides is 1. The Balaban J connectivity index is 1.69. The molecule has 0 unspecified atom stereocenters. The Bertz CT molecular complexity index is 695. The largest absolute Gasteiger partial charge is 0.450 e. The number of carbonyl (C=O) groups is 1. The monoisotopic (exact) mass is 353 g/mol.